The van der Waals surface area contributed by atoms with Gasteiger partial charge in [0.2, 0.25) is 11.8 Å². The minimum absolute atomic E-state index is 0.0203. The molecule has 0 radical (unpaired) electrons. The maximum atomic E-state index is 13.3. The molecule has 1 atom stereocenters. The number of carbonyl (C=O) groups excluding carboxylic acids is 2. The van der Waals surface area contributed by atoms with Crippen LogP contribution >= 0.6 is 0 Å². The molecule has 1 fully saturated rings. The summed E-state index contributed by atoms with van der Waals surface area (Å²) in [4.78, 5) is 30.2. The van der Waals surface area contributed by atoms with Crippen molar-refractivity contribution in [2.45, 2.75) is 32.4 Å². The van der Waals surface area contributed by atoms with Crippen LogP contribution in [0.25, 0.3) is 0 Å². The fourth-order valence-electron chi connectivity index (χ4n) is 3.82. The molecule has 2 aromatic carbocycles. The number of ether oxygens (including phenoxy) is 1. The van der Waals surface area contributed by atoms with Gasteiger partial charge in [-0.05, 0) is 11.1 Å². The van der Waals surface area contributed by atoms with E-state index in [9.17, 15) is 9.59 Å². The Hall–Kier alpha value is -2.70. The smallest absolute Gasteiger partial charge is 0.243 e. The first kappa shape index (κ1) is 23.0. The van der Waals surface area contributed by atoms with Crippen molar-refractivity contribution in [3.05, 3.63) is 71.8 Å². The summed E-state index contributed by atoms with van der Waals surface area (Å²) in [5, 5.41) is 3.08. The lowest BCUT2D eigenvalue weighted by atomic mass is 10.0. The molecule has 2 amide bonds. The number of amides is 2. The number of rotatable bonds is 10. The summed E-state index contributed by atoms with van der Waals surface area (Å²) in [6, 6.07) is 19.2. The van der Waals surface area contributed by atoms with E-state index in [1.807, 2.05) is 67.6 Å². The molecule has 1 aliphatic rings. The lowest BCUT2D eigenvalue weighted by molar-refractivity contribution is -0.141. The van der Waals surface area contributed by atoms with Crippen molar-refractivity contribution in [1.29, 1.82) is 0 Å². The van der Waals surface area contributed by atoms with Gasteiger partial charge in [-0.2, -0.15) is 0 Å². The van der Waals surface area contributed by atoms with Crippen LogP contribution in [-0.2, 0) is 27.3 Å². The zero-order chi connectivity index (χ0) is 21.9. The van der Waals surface area contributed by atoms with Gasteiger partial charge < -0.3 is 15.0 Å². The number of nitrogens with one attached hydrogen (secondary N) is 1. The Morgan fingerprint density at radius 3 is 2.23 bits per heavy atom. The van der Waals surface area contributed by atoms with Crippen molar-refractivity contribution in [3.8, 4) is 0 Å². The van der Waals surface area contributed by atoms with Crippen LogP contribution < -0.4 is 5.32 Å². The van der Waals surface area contributed by atoms with E-state index in [4.69, 9.17) is 4.74 Å². The number of carbonyl (C=O) groups is 2. The van der Waals surface area contributed by atoms with E-state index in [0.717, 1.165) is 44.0 Å². The van der Waals surface area contributed by atoms with Crippen molar-refractivity contribution < 1.29 is 14.3 Å². The molecule has 0 aliphatic carbocycles. The van der Waals surface area contributed by atoms with Gasteiger partial charge in [-0.1, -0.05) is 67.6 Å². The van der Waals surface area contributed by atoms with Gasteiger partial charge in [0.15, 0.2) is 0 Å². The molecule has 166 valence electrons. The molecule has 1 aliphatic heterocycles. The Morgan fingerprint density at radius 1 is 1.00 bits per heavy atom. The highest BCUT2D eigenvalue weighted by Gasteiger charge is 2.29. The molecule has 1 saturated heterocycles. The molecule has 2 aromatic rings. The third kappa shape index (κ3) is 7.19. The standard InChI is InChI=1S/C25H33N3O3/c1-2-24(29)28(20-22-11-7-4-8-12-22)23(19-21-9-5-3-6-10-21)25(30)26-13-14-27-15-17-31-18-16-27/h3-12,23H,2,13-20H2,1H3,(H,26,30)/t23-/m0/s1. The summed E-state index contributed by atoms with van der Waals surface area (Å²) in [5.41, 5.74) is 2.06. The number of benzene rings is 2. The molecule has 6 heteroatoms. The van der Waals surface area contributed by atoms with Crippen molar-refractivity contribution in [2.24, 2.45) is 0 Å². The highest BCUT2D eigenvalue weighted by Crippen LogP contribution is 2.15. The molecule has 0 spiro atoms. The molecule has 0 bridgehead atoms. The second-order valence-corrected chi connectivity index (χ2v) is 7.81. The predicted octanol–water partition coefficient (Wildman–Crippen LogP) is 2.48. The van der Waals surface area contributed by atoms with E-state index in [2.05, 4.69) is 10.2 Å². The molecule has 0 saturated carbocycles. The lowest BCUT2D eigenvalue weighted by Gasteiger charge is -2.32. The first-order valence-corrected chi connectivity index (χ1v) is 11.1. The first-order chi connectivity index (χ1) is 15.2. The van der Waals surface area contributed by atoms with Gasteiger partial charge in [-0.15, -0.1) is 0 Å². The summed E-state index contributed by atoms with van der Waals surface area (Å²) in [5.74, 6) is -0.122. The zero-order valence-electron chi connectivity index (χ0n) is 18.3. The SMILES string of the molecule is CCC(=O)N(Cc1ccccc1)[C@@H](Cc1ccccc1)C(=O)NCCN1CCOCC1. The van der Waals surface area contributed by atoms with Crippen molar-refractivity contribution in [3.63, 3.8) is 0 Å². The Kier molecular flexibility index (Phi) is 9.06. The molecule has 0 aromatic heterocycles. The van der Waals surface area contributed by atoms with Crippen LogP contribution in [0.15, 0.2) is 60.7 Å². The molecule has 3 rings (SSSR count). The summed E-state index contributed by atoms with van der Waals surface area (Å²) in [6.07, 6.45) is 0.849. The number of hydrogen-bond donors (Lipinski definition) is 1. The second-order valence-electron chi connectivity index (χ2n) is 7.81. The summed E-state index contributed by atoms with van der Waals surface area (Å²) in [7, 11) is 0. The van der Waals surface area contributed by atoms with Crippen LogP contribution in [0.5, 0.6) is 0 Å². The van der Waals surface area contributed by atoms with Crippen LogP contribution in [0.2, 0.25) is 0 Å². The maximum Gasteiger partial charge on any atom is 0.243 e. The molecule has 0 unspecified atom stereocenters. The quantitative estimate of drug-likeness (QED) is 0.638. The highest BCUT2D eigenvalue weighted by molar-refractivity contribution is 5.87. The average Bonchev–Trinajstić information content (AvgIpc) is 2.82. The van der Waals surface area contributed by atoms with Gasteiger partial charge in [0.25, 0.3) is 0 Å². The molecular weight excluding hydrogens is 390 g/mol. The lowest BCUT2D eigenvalue weighted by Crippen LogP contribution is -2.51. The Bertz CT molecular complexity index is 807. The number of hydrogen-bond acceptors (Lipinski definition) is 4. The highest BCUT2D eigenvalue weighted by atomic mass is 16.5. The van der Waals surface area contributed by atoms with Crippen molar-refractivity contribution >= 4 is 11.8 Å². The van der Waals surface area contributed by atoms with Crippen LogP contribution in [-0.4, -0.2) is 67.0 Å². The van der Waals surface area contributed by atoms with E-state index < -0.39 is 6.04 Å². The summed E-state index contributed by atoms with van der Waals surface area (Å²) in [6.45, 7) is 6.85. The predicted molar refractivity (Wildman–Crippen MR) is 121 cm³/mol. The molecule has 1 heterocycles. The monoisotopic (exact) mass is 423 g/mol. The number of nitrogens with zero attached hydrogens (tertiary/aromatic N) is 2. The van der Waals surface area contributed by atoms with E-state index in [0.29, 0.717) is 25.9 Å². The van der Waals surface area contributed by atoms with E-state index in [1.165, 1.54) is 0 Å². The average molecular weight is 424 g/mol. The van der Waals surface area contributed by atoms with Gasteiger partial charge in [0.1, 0.15) is 6.04 Å². The van der Waals surface area contributed by atoms with Gasteiger partial charge >= 0.3 is 0 Å². The first-order valence-electron chi connectivity index (χ1n) is 11.1. The van der Waals surface area contributed by atoms with Crippen LogP contribution in [0.1, 0.15) is 24.5 Å². The van der Waals surface area contributed by atoms with Gasteiger partial charge in [-0.25, -0.2) is 0 Å². The zero-order valence-corrected chi connectivity index (χ0v) is 18.3. The molecule has 1 N–H and O–H groups in total. The van der Waals surface area contributed by atoms with Crippen molar-refractivity contribution in [2.75, 3.05) is 39.4 Å². The minimum Gasteiger partial charge on any atom is -0.379 e. The summed E-state index contributed by atoms with van der Waals surface area (Å²) >= 11 is 0. The van der Waals surface area contributed by atoms with Crippen LogP contribution in [0, 0.1) is 0 Å². The van der Waals surface area contributed by atoms with Gasteiger partial charge in [-0.3, -0.25) is 14.5 Å². The van der Waals surface area contributed by atoms with Crippen LogP contribution in [0.4, 0.5) is 0 Å². The topological polar surface area (TPSA) is 61.9 Å². The van der Waals surface area contributed by atoms with Gasteiger partial charge in [0.05, 0.1) is 13.2 Å². The number of morpholine rings is 1. The Labute approximate surface area is 185 Å². The van der Waals surface area contributed by atoms with Crippen molar-refractivity contribution in [1.82, 2.24) is 15.1 Å². The minimum atomic E-state index is -0.556. The molecule has 31 heavy (non-hydrogen) atoms. The van der Waals surface area contributed by atoms with E-state index >= 15 is 0 Å². The Balaban J connectivity index is 1.73. The molecule has 6 nitrogen and oxygen atoms in total. The second kappa shape index (κ2) is 12.2. The molecular formula is C25H33N3O3. The fourth-order valence-corrected chi connectivity index (χ4v) is 3.82. The summed E-state index contributed by atoms with van der Waals surface area (Å²) < 4.78 is 5.39. The third-order valence-electron chi connectivity index (χ3n) is 5.60. The van der Waals surface area contributed by atoms with Crippen LogP contribution in [0.3, 0.4) is 0 Å². The van der Waals surface area contributed by atoms with E-state index in [1.54, 1.807) is 4.90 Å². The normalized spacial score (nSPS) is 15.3. The fraction of sp³-hybridized carbons (Fsp3) is 0.440. The third-order valence-corrected chi connectivity index (χ3v) is 5.60. The van der Waals surface area contributed by atoms with E-state index in [-0.39, 0.29) is 11.8 Å². The Morgan fingerprint density at radius 2 is 1.61 bits per heavy atom. The van der Waals surface area contributed by atoms with Gasteiger partial charge in [0, 0.05) is 45.6 Å². The maximum absolute atomic E-state index is 13.3. The largest absolute Gasteiger partial charge is 0.379 e.